The second-order valence-corrected chi connectivity index (χ2v) is 6.25. The number of hydrogen-bond donors (Lipinski definition) is 1. The summed E-state index contributed by atoms with van der Waals surface area (Å²) in [6.45, 7) is 9.94. The Morgan fingerprint density at radius 1 is 1.33 bits per heavy atom. The van der Waals surface area contributed by atoms with Gasteiger partial charge < -0.3 is 19.3 Å². The molecule has 7 heteroatoms. The fourth-order valence-corrected chi connectivity index (χ4v) is 3.50. The van der Waals surface area contributed by atoms with Crippen LogP contribution in [0, 0.1) is 17.9 Å². The van der Waals surface area contributed by atoms with Crippen molar-refractivity contribution in [2.24, 2.45) is 0 Å². The summed E-state index contributed by atoms with van der Waals surface area (Å²) in [5.41, 5.74) is 4.14. The van der Waals surface area contributed by atoms with Crippen molar-refractivity contribution in [2.45, 2.75) is 6.73 Å². The van der Waals surface area contributed by atoms with Crippen LogP contribution in [-0.2, 0) is 11.5 Å². The number of hydrogen-bond acceptors (Lipinski definition) is 5. The molecule has 1 N–H and O–H groups in total. The van der Waals surface area contributed by atoms with Crippen molar-refractivity contribution in [3.05, 3.63) is 53.6 Å². The van der Waals surface area contributed by atoms with Gasteiger partial charge in [-0.2, -0.15) is 5.26 Å². The van der Waals surface area contributed by atoms with Gasteiger partial charge in [-0.15, -0.1) is 0 Å². The summed E-state index contributed by atoms with van der Waals surface area (Å²) >= 11 is 0. The lowest BCUT2D eigenvalue weighted by Crippen LogP contribution is -2.36. The molecule has 7 nitrogen and oxygen atoms in total. The second kappa shape index (κ2) is 7.08. The quantitative estimate of drug-likeness (QED) is 0.728. The van der Waals surface area contributed by atoms with E-state index < -0.39 is 0 Å². The average molecular weight is 359 g/mol. The predicted molar refractivity (Wildman–Crippen MR) is 101 cm³/mol. The molecule has 3 aromatic rings. The van der Waals surface area contributed by atoms with Gasteiger partial charge in [0, 0.05) is 36.4 Å². The summed E-state index contributed by atoms with van der Waals surface area (Å²) in [5, 5.41) is 19.9. The van der Waals surface area contributed by atoms with E-state index in [0.717, 1.165) is 22.2 Å². The fourth-order valence-electron chi connectivity index (χ4n) is 3.50. The van der Waals surface area contributed by atoms with Crippen molar-refractivity contribution in [3.63, 3.8) is 0 Å². The molecule has 4 rings (SSSR count). The minimum atomic E-state index is -0.221. The Morgan fingerprint density at radius 3 is 2.85 bits per heavy atom. The van der Waals surface area contributed by atoms with Gasteiger partial charge in [-0.3, -0.25) is 0 Å². The van der Waals surface area contributed by atoms with Gasteiger partial charge in [-0.25, -0.2) is 9.83 Å². The Bertz CT molecular complexity index is 1080. The molecular weight excluding hydrogens is 342 g/mol. The van der Waals surface area contributed by atoms with Gasteiger partial charge in [-0.1, -0.05) is 12.1 Å². The molecule has 0 saturated carbocycles. The minimum Gasteiger partial charge on any atom is -0.378 e. The smallest absolute Gasteiger partial charge is 0.228 e. The predicted octanol–water partition coefficient (Wildman–Crippen LogP) is 2.91. The van der Waals surface area contributed by atoms with Crippen molar-refractivity contribution >= 4 is 22.4 Å². The number of fused-ring (bicyclic) bond motifs is 1. The third-order valence-corrected chi connectivity index (χ3v) is 4.74. The lowest BCUT2D eigenvalue weighted by molar-refractivity contribution is 0.123. The van der Waals surface area contributed by atoms with E-state index in [0.29, 0.717) is 43.2 Å². The maximum atomic E-state index is 9.80. The van der Waals surface area contributed by atoms with Crippen molar-refractivity contribution in [1.82, 2.24) is 9.55 Å². The van der Waals surface area contributed by atoms with Gasteiger partial charge in [0.2, 0.25) is 5.69 Å². The fraction of sp³-hybridized carbons (Fsp3) is 0.250. The SMILES string of the molecule is [C-]#[N+]c1cnc2c(c(-c3cccc(C#N)c3)cn2CO)c1N1CCOCC1. The largest absolute Gasteiger partial charge is 0.378 e. The van der Waals surface area contributed by atoms with E-state index in [1.54, 1.807) is 16.8 Å². The molecule has 0 aliphatic carbocycles. The molecular formula is C20H17N5O2. The van der Waals surface area contributed by atoms with E-state index in [1.807, 2.05) is 24.4 Å². The summed E-state index contributed by atoms with van der Waals surface area (Å²) in [6, 6.07) is 9.47. The lowest BCUT2D eigenvalue weighted by atomic mass is 10.0. The molecule has 1 fully saturated rings. The van der Waals surface area contributed by atoms with Gasteiger partial charge in [0.15, 0.2) is 0 Å². The zero-order chi connectivity index (χ0) is 18.8. The number of aromatic nitrogens is 2. The monoisotopic (exact) mass is 359 g/mol. The van der Waals surface area contributed by atoms with Crippen LogP contribution < -0.4 is 4.90 Å². The van der Waals surface area contributed by atoms with Crippen molar-refractivity contribution in [3.8, 4) is 17.2 Å². The van der Waals surface area contributed by atoms with E-state index in [9.17, 15) is 10.4 Å². The Morgan fingerprint density at radius 2 is 2.15 bits per heavy atom. The van der Waals surface area contributed by atoms with Crippen LogP contribution in [0.1, 0.15) is 5.56 Å². The molecule has 3 heterocycles. The number of ether oxygens (including phenoxy) is 1. The number of nitriles is 1. The average Bonchev–Trinajstić information content (AvgIpc) is 3.12. The lowest BCUT2D eigenvalue weighted by Gasteiger charge is -2.30. The first-order chi connectivity index (χ1) is 13.3. The number of morpholine rings is 1. The van der Waals surface area contributed by atoms with E-state index in [2.05, 4.69) is 20.8 Å². The van der Waals surface area contributed by atoms with Crippen LogP contribution >= 0.6 is 0 Å². The molecule has 1 saturated heterocycles. The first-order valence-electron chi connectivity index (χ1n) is 8.60. The molecule has 0 amide bonds. The Hall–Kier alpha value is -3.39. The second-order valence-electron chi connectivity index (χ2n) is 6.25. The number of aliphatic hydroxyl groups is 1. The highest BCUT2D eigenvalue weighted by Crippen LogP contribution is 2.42. The van der Waals surface area contributed by atoms with E-state index in [4.69, 9.17) is 11.3 Å². The van der Waals surface area contributed by atoms with Gasteiger partial charge in [0.1, 0.15) is 12.4 Å². The molecule has 0 atom stereocenters. The zero-order valence-electron chi connectivity index (χ0n) is 14.6. The van der Waals surface area contributed by atoms with E-state index in [1.165, 1.54) is 0 Å². The zero-order valence-corrected chi connectivity index (χ0v) is 14.6. The van der Waals surface area contributed by atoms with Gasteiger partial charge in [0.05, 0.1) is 37.1 Å². The highest BCUT2D eigenvalue weighted by atomic mass is 16.5. The number of rotatable bonds is 3. The molecule has 1 aromatic carbocycles. The maximum absolute atomic E-state index is 9.80. The minimum absolute atomic E-state index is 0.221. The van der Waals surface area contributed by atoms with Crippen LogP contribution in [0.5, 0.6) is 0 Å². The Balaban J connectivity index is 2.04. The molecule has 1 aliphatic rings. The van der Waals surface area contributed by atoms with Gasteiger partial charge in [0.25, 0.3) is 0 Å². The molecule has 0 radical (unpaired) electrons. The Labute approximate surface area is 156 Å². The molecule has 2 aromatic heterocycles. The summed E-state index contributed by atoms with van der Waals surface area (Å²) in [5.74, 6) is 0. The normalized spacial score (nSPS) is 14.1. The Kier molecular flexibility index (Phi) is 4.47. The molecule has 134 valence electrons. The van der Waals surface area contributed by atoms with Crippen LogP contribution in [0.15, 0.2) is 36.7 Å². The molecule has 1 aliphatic heterocycles. The number of aliphatic hydroxyl groups excluding tert-OH is 1. The summed E-state index contributed by atoms with van der Waals surface area (Å²) in [6.07, 6.45) is 3.38. The summed E-state index contributed by atoms with van der Waals surface area (Å²) in [4.78, 5) is 10.3. The van der Waals surface area contributed by atoms with Gasteiger partial charge >= 0.3 is 0 Å². The molecule has 0 unspecified atom stereocenters. The van der Waals surface area contributed by atoms with Gasteiger partial charge in [-0.05, 0) is 17.7 Å². The van der Waals surface area contributed by atoms with Crippen LogP contribution in [0.2, 0.25) is 0 Å². The van der Waals surface area contributed by atoms with Crippen molar-refractivity contribution in [2.75, 3.05) is 31.2 Å². The highest BCUT2D eigenvalue weighted by molar-refractivity contribution is 6.07. The van der Waals surface area contributed by atoms with Crippen molar-refractivity contribution < 1.29 is 9.84 Å². The third kappa shape index (κ3) is 2.89. The first-order valence-corrected chi connectivity index (χ1v) is 8.60. The number of anilines is 1. The van der Waals surface area contributed by atoms with Crippen LogP contribution in [0.4, 0.5) is 11.4 Å². The van der Waals surface area contributed by atoms with Crippen molar-refractivity contribution in [1.29, 1.82) is 5.26 Å². The topological polar surface area (TPSA) is 78.7 Å². The highest BCUT2D eigenvalue weighted by Gasteiger charge is 2.23. The molecule has 0 spiro atoms. The molecule has 27 heavy (non-hydrogen) atoms. The summed E-state index contributed by atoms with van der Waals surface area (Å²) < 4.78 is 7.12. The van der Waals surface area contributed by atoms with Crippen LogP contribution in [-0.4, -0.2) is 41.0 Å². The maximum Gasteiger partial charge on any atom is 0.228 e. The number of nitrogens with zero attached hydrogens (tertiary/aromatic N) is 5. The molecule has 0 bridgehead atoms. The van der Waals surface area contributed by atoms with E-state index >= 15 is 0 Å². The number of pyridine rings is 1. The summed E-state index contributed by atoms with van der Waals surface area (Å²) in [7, 11) is 0. The first kappa shape index (κ1) is 17.0. The van der Waals surface area contributed by atoms with Crippen LogP contribution in [0.25, 0.3) is 27.0 Å². The standard InChI is InChI=1S/C20H17N5O2/c1-22-17-11-23-20-18(19(17)24-5-7-27-8-6-24)16(12-25(20)13-26)15-4-2-3-14(9-15)10-21/h2-4,9,11-12,26H,5-8,13H2. The van der Waals surface area contributed by atoms with E-state index in [-0.39, 0.29) is 6.73 Å². The number of benzene rings is 1. The van der Waals surface area contributed by atoms with Crippen LogP contribution in [0.3, 0.4) is 0 Å². The third-order valence-electron chi connectivity index (χ3n) is 4.74.